The number of aromatic nitrogens is 2. The molecule has 3 aromatic rings. The van der Waals surface area contributed by atoms with Crippen molar-refractivity contribution in [1.82, 2.24) is 9.97 Å². The second kappa shape index (κ2) is 7.71. The Morgan fingerprint density at radius 3 is 2.85 bits per heavy atom. The summed E-state index contributed by atoms with van der Waals surface area (Å²) in [6, 6.07) is 5.95. The third-order valence-electron chi connectivity index (χ3n) is 3.49. The van der Waals surface area contributed by atoms with Crippen LogP contribution in [-0.4, -0.2) is 37.8 Å². The van der Waals surface area contributed by atoms with E-state index in [2.05, 4.69) is 15.3 Å². The van der Waals surface area contributed by atoms with Gasteiger partial charge in [0.2, 0.25) is 5.91 Å². The van der Waals surface area contributed by atoms with E-state index < -0.39 is 5.97 Å². The number of aromatic hydroxyl groups is 1. The number of aryl methyl sites for hydroxylation is 1. The number of thioether (sulfide) groups is 1. The van der Waals surface area contributed by atoms with Crippen molar-refractivity contribution in [3.05, 3.63) is 41.0 Å². The summed E-state index contributed by atoms with van der Waals surface area (Å²) in [7, 11) is 0. The van der Waals surface area contributed by atoms with Crippen LogP contribution in [0.2, 0.25) is 0 Å². The maximum Gasteiger partial charge on any atom is 0.339 e. The number of rotatable bonds is 6. The molecule has 0 saturated heterocycles. The van der Waals surface area contributed by atoms with E-state index in [-0.39, 0.29) is 23.6 Å². The van der Waals surface area contributed by atoms with Crippen molar-refractivity contribution in [2.75, 3.05) is 11.1 Å². The zero-order chi connectivity index (χ0) is 18.7. The Morgan fingerprint density at radius 2 is 2.08 bits per heavy atom. The molecule has 134 valence electrons. The second-order valence-electron chi connectivity index (χ2n) is 5.44. The number of carboxylic acid groups (broad SMARTS) is 1. The molecule has 9 heteroatoms. The topological polar surface area (TPSA) is 112 Å². The van der Waals surface area contributed by atoms with Crippen LogP contribution < -0.4 is 5.32 Å². The molecule has 7 nitrogen and oxygen atoms in total. The minimum atomic E-state index is -1.26. The van der Waals surface area contributed by atoms with Crippen LogP contribution in [0.5, 0.6) is 5.75 Å². The summed E-state index contributed by atoms with van der Waals surface area (Å²) < 4.78 is 0. The number of phenols is 1. The van der Waals surface area contributed by atoms with E-state index in [0.717, 1.165) is 20.1 Å². The van der Waals surface area contributed by atoms with Gasteiger partial charge in [-0.1, -0.05) is 0 Å². The van der Waals surface area contributed by atoms with Crippen LogP contribution in [0.1, 0.15) is 21.7 Å². The number of nitrogens with zero attached hydrogens (tertiary/aromatic N) is 2. The van der Waals surface area contributed by atoms with Gasteiger partial charge in [0, 0.05) is 28.1 Å². The zero-order valence-electron chi connectivity index (χ0n) is 13.7. The van der Waals surface area contributed by atoms with Crippen molar-refractivity contribution in [3.63, 3.8) is 0 Å². The fraction of sp³-hybridized carbons (Fsp3) is 0.176. The van der Waals surface area contributed by atoms with E-state index in [0.29, 0.717) is 11.4 Å². The Balaban J connectivity index is 1.59. The molecule has 1 aromatic carbocycles. The fourth-order valence-electron chi connectivity index (χ4n) is 2.32. The SMILES string of the molecule is Cc1cc2c(SCCC(=O)Nc3ccc(O)c(C(=O)O)c3)ncnc2s1. The number of carbonyl (C=O) groups is 2. The van der Waals surface area contributed by atoms with Gasteiger partial charge in [0.1, 0.15) is 27.5 Å². The average molecular weight is 389 g/mol. The molecule has 3 N–H and O–H groups in total. The maximum absolute atomic E-state index is 12.1. The van der Waals surface area contributed by atoms with Gasteiger partial charge in [-0.15, -0.1) is 23.1 Å². The Kier molecular flexibility index (Phi) is 5.38. The second-order valence-corrected chi connectivity index (χ2v) is 7.76. The number of hydrogen-bond donors (Lipinski definition) is 3. The van der Waals surface area contributed by atoms with Crippen molar-refractivity contribution in [1.29, 1.82) is 0 Å². The number of carbonyl (C=O) groups excluding carboxylic acids is 1. The highest BCUT2D eigenvalue weighted by molar-refractivity contribution is 7.99. The molecule has 0 radical (unpaired) electrons. The molecule has 26 heavy (non-hydrogen) atoms. The fourth-order valence-corrected chi connectivity index (χ4v) is 4.14. The van der Waals surface area contributed by atoms with E-state index in [4.69, 9.17) is 5.11 Å². The third kappa shape index (κ3) is 4.12. The standard InChI is InChI=1S/C17H15N3O4S2/c1-9-6-12-15(18-8-19-16(12)26-9)25-5-4-14(22)20-10-2-3-13(21)11(7-10)17(23)24/h2-3,6-8,21H,4-5H2,1H3,(H,20,22)(H,23,24). The number of nitrogens with one attached hydrogen (secondary N) is 1. The monoisotopic (exact) mass is 389 g/mol. The number of hydrogen-bond acceptors (Lipinski definition) is 7. The van der Waals surface area contributed by atoms with Gasteiger partial charge in [-0.25, -0.2) is 14.8 Å². The first-order valence-corrected chi connectivity index (χ1v) is 9.44. The molecule has 2 heterocycles. The summed E-state index contributed by atoms with van der Waals surface area (Å²) in [5, 5.41) is 22.9. The predicted octanol–water partition coefficient (Wildman–Crippen LogP) is 3.52. The first-order chi connectivity index (χ1) is 12.4. The lowest BCUT2D eigenvalue weighted by Gasteiger charge is -2.07. The number of anilines is 1. The summed E-state index contributed by atoms with van der Waals surface area (Å²) in [5.41, 5.74) is 0.0708. The minimum Gasteiger partial charge on any atom is -0.507 e. The van der Waals surface area contributed by atoms with Crippen molar-refractivity contribution < 1.29 is 19.8 Å². The molecule has 0 atom stereocenters. The van der Waals surface area contributed by atoms with Crippen LogP contribution in [0.25, 0.3) is 10.2 Å². The molecule has 3 rings (SSSR count). The summed E-state index contributed by atoms with van der Waals surface area (Å²) in [6.45, 7) is 2.01. The first-order valence-electron chi connectivity index (χ1n) is 7.64. The van der Waals surface area contributed by atoms with Crippen molar-refractivity contribution in [2.45, 2.75) is 18.4 Å². The lowest BCUT2D eigenvalue weighted by molar-refractivity contribution is -0.115. The molecule has 0 aliphatic rings. The lowest BCUT2D eigenvalue weighted by Crippen LogP contribution is -2.12. The molecule has 0 bridgehead atoms. The molecule has 0 saturated carbocycles. The molecule has 0 unspecified atom stereocenters. The number of thiophene rings is 1. The summed E-state index contributed by atoms with van der Waals surface area (Å²) >= 11 is 3.07. The molecular weight excluding hydrogens is 374 g/mol. The van der Waals surface area contributed by atoms with Crippen LogP contribution in [0, 0.1) is 6.92 Å². The van der Waals surface area contributed by atoms with Gasteiger partial charge in [-0.2, -0.15) is 0 Å². The zero-order valence-corrected chi connectivity index (χ0v) is 15.4. The number of benzene rings is 1. The molecule has 0 fully saturated rings. The molecule has 2 aromatic heterocycles. The Hall–Kier alpha value is -2.65. The van der Waals surface area contributed by atoms with E-state index in [9.17, 15) is 14.7 Å². The van der Waals surface area contributed by atoms with Gasteiger partial charge in [0.25, 0.3) is 0 Å². The predicted molar refractivity (Wildman–Crippen MR) is 101 cm³/mol. The molecule has 0 aliphatic carbocycles. The molecular formula is C17H15N3O4S2. The van der Waals surface area contributed by atoms with E-state index in [1.54, 1.807) is 11.3 Å². The first kappa shape index (κ1) is 18.2. The Bertz CT molecular complexity index is 987. The molecule has 0 aliphatic heterocycles. The minimum absolute atomic E-state index is 0.239. The number of aromatic carboxylic acids is 1. The lowest BCUT2D eigenvalue weighted by atomic mass is 10.2. The van der Waals surface area contributed by atoms with Crippen molar-refractivity contribution in [2.24, 2.45) is 0 Å². The summed E-state index contributed by atoms with van der Waals surface area (Å²) in [6.07, 6.45) is 1.76. The summed E-state index contributed by atoms with van der Waals surface area (Å²) in [4.78, 5) is 33.7. The molecule has 1 amide bonds. The van der Waals surface area contributed by atoms with Crippen molar-refractivity contribution >= 4 is 50.9 Å². The van der Waals surface area contributed by atoms with Gasteiger partial charge in [-0.3, -0.25) is 4.79 Å². The highest BCUT2D eigenvalue weighted by atomic mass is 32.2. The van der Waals surface area contributed by atoms with Crippen LogP contribution in [-0.2, 0) is 4.79 Å². The summed E-state index contributed by atoms with van der Waals surface area (Å²) in [5.74, 6) is -1.32. The maximum atomic E-state index is 12.1. The quantitative estimate of drug-likeness (QED) is 0.336. The number of fused-ring (bicyclic) bond motifs is 1. The highest BCUT2D eigenvalue weighted by Gasteiger charge is 2.12. The average Bonchev–Trinajstić information content (AvgIpc) is 2.97. The van der Waals surface area contributed by atoms with Crippen LogP contribution in [0.4, 0.5) is 5.69 Å². The van der Waals surface area contributed by atoms with E-state index >= 15 is 0 Å². The molecule has 0 spiro atoms. The van der Waals surface area contributed by atoms with Crippen LogP contribution >= 0.6 is 23.1 Å². The van der Waals surface area contributed by atoms with Gasteiger partial charge in [0.05, 0.1) is 0 Å². The van der Waals surface area contributed by atoms with Gasteiger partial charge < -0.3 is 15.5 Å². The number of carboxylic acids is 1. The largest absolute Gasteiger partial charge is 0.507 e. The van der Waals surface area contributed by atoms with Crippen molar-refractivity contribution in [3.8, 4) is 5.75 Å². The Morgan fingerprint density at radius 1 is 1.27 bits per heavy atom. The normalized spacial score (nSPS) is 10.8. The van der Waals surface area contributed by atoms with Crippen LogP contribution in [0.3, 0.4) is 0 Å². The highest BCUT2D eigenvalue weighted by Crippen LogP contribution is 2.30. The van der Waals surface area contributed by atoms with Gasteiger partial charge >= 0.3 is 5.97 Å². The third-order valence-corrected chi connectivity index (χ3v) is 5.46. The van der Waals surface area contributed by atoms with E-state index in [1.165, 1.54) is 36.3 Å². The van der Waals surface area contributed by atoms with E-state index in [1.807, 2.05) is 13.0 Å². The van der Waals surface area contributed by atoms with Crippen LogP contribution in [0.15, 0.2) is 35.6 Å². The van der Waals surface area contributed by atoms with Gasteiger partial charge in [0.15, 0.2) is 0 Å². The number of amides is 1. The Labute approximate surface area is 157 Å². The smallest absolute Gasteiger partial charge is 0.339 e. The van der Waals surface area contributed by atoms with Gasteiger partial charge in [-0.05, 0) is 31.2 Å².